The summed E-state index contributed by atoms with van der Waals surface area (Å²) in [5.74, 6) is -0.882. The zero-order valence-corrected chi connectivity index (χ0v) is 19.6. The minimum atomic E-state index is -0.679. The van der Waals surface area contributed by atoms with Crippen molar-refractivity contribution in [3.05, 3.63) is 70.1 Å². The molecule has 0 unspecified atom stereocenters. The number of hydrogen-bond donors (Lipinski definition) is 0. The molecule has 1 fully saturated rings. The first-order chi connectivity index (χ1) is 15.8. The van der Waals surface area contributed by atoms with Gasteiger partial charge in [0.15, 0.2) is 6.61 Å². The van der Waals surface area contributed by atoms with E-state index < -0.39 is 5.97 Å². The Bertz CT molecular complexity index is 1250. The van der Waals surface area contributed by atoms with Gasteiger partial charge in [-0.3, -0.25) is 9.59 Å². The van der Waals surface area contributed by atoms with Crippen molar-refractivity contribution in [2.24, 2.45) is 7.05 Å². The van der Waals surface area contributed by atoms with Gasteiger partial charge >= 0.3 is 5.97 Å². The summed E-state index contributed by atoms with van der Waals surface area (Å²) in [5, 5.41) is 1.21. The van der Waals surface area contributed by atoms with Gasteiger partial charge in [-0.25, -0.2) is 4.79 Å². The third-order valence-corrected chi connectivity index (χ3v) is 6.65. The van der Waals surface area contributed by atoms with E-state index in [9.17, 15) is 14.4 Å². The molecule has 0 spiro atoms. The van der Waals surface area contributed by atoms with Crippen molar-refractivity contribution < 1.29 is 14.3 Å². The average molecular weight is 447 g/mol. The predicted octanol–water partition coefficient (Wildman–Crippen LogP) is 4.46. The van der Waals surface area contributed by atoms with Gasteiger partial charge in [-0.05, 0) is 57.0 Å². The Morgan fingerprint density at radius 1 is 0.970 bits per heavy atom. The number of ether oxygens (including phenoxy) is 1. The zero-order chi connectivity index (χ0) is 23.7. The Balaban J connectivity index is 1.73. The number of aryl methyl sites for hydroxylation is 1. The highest BCUT2D eigenvalue weighted by atomic mass is 16.5. The van der Waals surface area contributed by atoms with Crippen molar-refractivity contribution in [1.82, 2.24) is 9.47 Å². The average Bonchev–Trinajstić information content (AvgIpc) is 2.80. The van der Waals surface area contributed by atoms with E-state index in [1.807, 2.05) is 62.1 Å². The first-order valence-electron chi connectivity index (χ1n) is 11.5. The van der Waals surface area contributed by atoms with E-state index in [-0.39, 0.29) is 35.9 Å². The molecule has 6 heteroatoms. The maximum atomic E-state index is 13.3. The molecule has 6 nitrogen and oxygen atoms in total. The van der Waals surface area contributed by atoms with E-state index >= 15 is 0 Å². The number of piperidine rings is 1. The van der Waals surface area contributed by atoms with E-state index in [1.165, 1.54) is 4.57 Å². The van der Waals surface area contributed by atoms with Crippen molar-refractivity contribution in [3.63, 3.8) is 0 Å². The fourth-order valence-corrected chi connectivity index (χ4v) is 4.90. The number of benzene rings is 2. The van der Waals surface area contributed by atoms with Gasteiger partial charge in [-0.1, -0.05) is 48.0 Å². The first kappa shape index (κ1) is 22.8. The normalized spacial score (nSPS) is 18.4. The van der Waals surface area contributed by atoms with Crippen molar-refractivity contribution in [3.8, 4) is 11.1 Å². The molecule has 1 aliphatic heterocycles. The molecule has 2 aromatic carbocycles. The highest BCUT2D eigenvalue weighted by Crippen LogP contribution is 2.31. The topological polar surface area (TPSA) is 68.6 Å². The molecule has 0 aliphatic carbocycles. The lowest BCUT2D eigenvalue weighted by atomic mass is 9.96. The minimum Gasteiger partial charge on any atom is -0.451 e. The quantitative estimate of drug-likeness (QED) is 0.555. The SMILES string of the molecule is Cc1ccc(-c2c(C(=O)OCC(=O)N3[C@H](C)CCC[C@H]3C)n(C)c(=O)c3ccccc23)cc1. The summed E-state index contributed by atoms with van der Waals surface area (Å²) in [6.45, 7) is 5.70. The van der Waals surface area contributed by atoms with Gasteiger partial charge in [-0.15, -0.1) is 0 Å². The van der Waals surface area contributed by atoms with E-state index in [4.69, 9.17) is 4.74 Å². The summed E-state index contributed by atoms with van der Waals surface area (Å²) < 4.78 is 6.85. The van der Waals surface area contributed by atoms with Gasteiger partial charge in [-0.2, -0.15) is 0 Å². The molecule has 172 valence electrons. The first-order valence-corrected chi connectivity index (χ1v) is 11.5. The molecular weight excluding hydrogens is 416 g/mol. The molecule has 0 saturated carbocycles. The highest BCUT2D eigenvalue weighted by molar-refractivity contribution is 6.07. The van der Waals surface area contributed by atoms with E-state index in [1.54, 1.807) is 19.2 Å². The molecule has 1 amide bonds. The Labute approximate surface area is 193 Å². The lowest BCUT2D eigenvalue weighted by molar-refractivity contribution is -0.140. The zero-order valence-electron chi connectivity index (χ0n) is 19.6. The van der Waals surface area contributed by atoms with Crippen LogP contribution in [-0.4, -0.2) is 40.0 Å². The van der Waals surface area contributed by atoms with Gasteiger partial charge in [0.05, 0.1) is 0 Å². The molecule has 0 N–H and O–H groups in total. The van der Waals surface area contributed by atoms with Gasteiger partial charge in [0.1, 0.15) is 5.69 Å². The number of likely N-dealkylation sites (tertiary alicyclic amines) is 1. The summed E-state index contributed by atoms with van der Waals surface area (Å²) in [6, 6.07) is 15.3. The van der Waals surface area contributed by atoms with Crippen molar-refractivity contribution in [1.29, 1.82) is 0 Å². The van der Waals surface area contributed by atoms with Crippen LogP contribution in [0.15, 0.2) is 53.3 Å². The van der Waals surface area contributed by atoms with Gasteiger partial charge in [0, 0.05) is 30.1 Å². The van der Waals surface area contributed by atoms with Crippen LogP contribution in [0.1, 0.15) is 49.2 Å². The monoisotopic (exact) mass is 446 g/mol. The number of carbonyl (C=O) groups is 2. The number of nitrogens with zero attached hydrogens (tertiary/aromatic N) is 2. The molecule has 0 bridgehead atoms. The molecule has 4 rings (SSSR count). The van der Waals surface area contributed by atoms with E-state index in [0.29, 0.717) is 16.3 Å². The predicted molar refractivity (Wildman–Crippen MR) is 129 cm³/mol. The third kappa shape index (κ3) is 4.30. The van der Waals surface area contributed by atoms with Gasteiger partial charge < -0.3 is 14.2 Å². The second kappa shape index (κ2) is 9.22. The van der Waals surface area contributed by atoms with Crippen LogP contribution in [-0.2, 0) is 16.6 Å². The molecule has 3 aromatic rings. The lowest BCUT2D eigenvalue weighted by Crippen LogP contribution is -2.49. The number of hydrogen-bond acceptors (Lipinski definition) is 4. The van der Waals surface area contributed by atoms with Crippen LogP contribution >= 0.6 is 0 Å². The summed E-state index contributed by atoms with van der Waals surface area (Å²) in [4.78, 5) is 41.1. The fourth-order valence-electron chi connectivity index (χ4n) is 4.90. The smallest absolute Gasteiger partial charge is 0.356 e. The van der Waals surface area contributed by atoms with Crippen LogP contribution in [0.3, 0.4) is 0 Å². The highest BCUT2D eigenvalue weighted by Gasteiger charge is 2.30. The van der Waals surface area contributed by atoms with Gasteiger partial charge in [0.25, 0.3) is 11.5 Å². The van der Waals surface area contributed by atoms with Crippen LogP contribution in [0.25, 0.3) is 21.9 Å². The molecule has 1 saturated heterocycles. The second-order valence-corrected chi connectivity index (χ2v) is 9.01. The van der Waals surface area contributed by atoms with E-state index in [0.717, 1.165) is 30.4 Å². The Hall–Kier alpha value is -3.41. The number of aromatic nitrogens is 1. The number of rotatable bonds is 4. The largest absolute Gasteiger partial charge is 0.451 e. The molecular formula is C27H30N2O4. The van der Waals surface area contributed by atoms with Crippen LogP contribution in [0.2, 0.25) is 0 Å². The van der Waals surface area contributed by atoms with Gasteiger partial charge in [0.2, 0.25) is 0 Å². The second-order valence-electron chi connectivity index (χ2n) is 9.01. The van der Waals surface area contributed by atoms with E-state index in [2.05, 4.69) is 0 Å². The number of amides is 1. The molecule has 1 aliphatic rings. The summed E-state index contributed by atoms with van der Waals surface area (Å²) in [7, 11) is 1.57. The number of fused-ring (bicyclic) bond motifs is 1. The number of carbonyl (C=O) groups excluding carboxylic acids is 2. The molecule has 33 heavy (non-hydrogen) atoms. The van der Waals surface area contributed by atoms with Crippen molar-refractivity contribution in [2.45, 2.75) is 52.1 Å². The van der Waals surface area contributed by atoms with Crippen LogP contribution in [0.4, 0.5) is 0 Å². The molecule has 0 radical (unpaired) electrons. The van der Waals surface area contributed by atoms with Crippen LogP contribution < -0.4 is 5.56 Å². The Morgan fingerprint density at radius 2 is 1.58 bits per heavy atom. The summed E-state index contributed by atoms with van der Waals surface area (Å²) >= 11 is 0. The number of esters is 1. The standard InChI is InChI=1S/C27H30N2O4/c1-17-12-14-20(15-13-17)24-21-10-5-6-11-22(21)26(31)28(4)25(24)27(32)33-16-23(30)29-18(2)8-7-9-19(29)3/h5-6,10-15,18-19H,7-9,16H2,1-4H3/t18-,19-/m1/s1. The number of pyridine rings is 1. The summed E-state index contributed by atoms with van der Waals surface area (Å²) in [6.07, 6.45) is 2.98. The molecule has 2 heterocycles. The van der Waals surface area contributed by atoms with Crippen LogP contribution in [0.5, 0.6) is 0 Å². The Morgan fingerprint density at radius 3 is 2.21 bits per heavy atom. The fraction of sp³-hybridized carbons (Fsp3) is 0.370. The Kier molecular flexibility index (Phi) is 6.36. The maximum Gasteiger partial charge on any atom is 0.356 e. The lowest BCUT2D eigenvalue weighted by Gasteiger charge is -2.38. The minimum absolute atomic E-state index is 0.119. The molecule has 1 aromatic heterocycles. The van der Waals surface area contributed by atoms with Crippen LogP contribution in [0, 0.1) is 6.92 Å². The molecule has 2 atom stereocenters. The van der Waals surface area contributed by atoms with Crippen molar-refractivity contribution in [2.75, 3.05) is 6.61 Å². The third-order valence-electron chi connectivity index (χ3n) is 6.65. The van der Waals surface area contributed by atoms with Crippen molar-refractivity contribution >= 4 is 22.6 Å². The maximum absolute atomic E-state index is 13.3. The summed E-state index contributed by atoms with van der Waals surface area (Å²) in [5.41, 5.74) is 2.40.